The molecule has 88 valence electrons. The minimum absolute atomic E-state index is 0.000359. The second-order valence-corrected chi connectivity index (χ2v) is 4.35. The number of benzene rings is 1. The molecule has 1 aromatic carbocycles. The topological polar surface area (TPSA) is 38.7 Å². The zero-order valence-electron chi connectivity index (χ0n) is 9.61. The van der Waals surface area contributed by atoms with Crippen LogP contribution in [0.2, 0.25) is 0 Å². The third kappa shape index (κ3) is 3.22. The summed E-state index contributed by atoms with van der Waals surface area (Å²) >= 11 is 0. The smallest absolute Gasteiger partial charge is 0.189 e. The summed E-state index contributed by atoms with van der Waals surface area (Å²) in [5.74, 6) is 1.46. The highest BCUT2D eigenvalue weighted by Crippen LogP contribution is 2.28. The molecular weight excluding hydrogens is 204 g/mol. The van der Waals surface area contributed by atoms with Gasteiger partial charge < -0.3 is 14.6 Å². The highest BCUT2D eigenvalue weighted by Gasteiger charge is 2.21. The predicted octanol–water partition coefficient (Wildman–Crippen LogP) is 2.25. The van der Waals surface area contributed by atoms with Crippen molar-refractivity contribution in [3.63, 3.8) is 0 Å². The molecule has 0 spiro atoms. The molecule has 3 heteroatoms. The van der Waals surface area contributed by atoms with E-state index in [1.165, 1.54) is 12.8 Å². The molecule has 3 nitrogen and oxygen atoms in total. The van der Waals surface area contributed by atoms with Crippen LogP contribution in [-0.2, 0) is 11.3 Å². The third-order valence-electron chi connectivity index (χ3n) is 2.73. The Labute approximate surface area is 96.0 Å². The van der Waals surface area contributed by atoms with E-state index in [-0.39, 0.29) is 13.4 Å². The normalized spacial score (nSPS) is 15.1. The molecule has 0 amide bonds. The van der Waals surface area contributed by atoms with Gasteiger partial charge in [-0.15, -0.1) is 0 Å². The second kappa shape index (κ2) is 5.32. The first kappa shape index (κ1) is 11.4. The molecule has 0 unspecified atom stereocenters. The van der Waals surface area contributed by atoms with Crippen LogP contribution < -0.4 is 4.74 Å². The van der Waals surface area contributed by atoms with E-state index in [0.717, 1.165) is 23.7 Å². The number of hydrogen-bond donors (Lipinski definition) is 1. The Bertz CT molecular complexity index is 345. The molecule has 0 aliphatic heterocycles. The third-order valence-corrected chi connectivity index (χ3v) is 2.73. The van der Waals surface area contributed by atoms with Crippen LogP contribution in [0.1, 0.15) is 24.0 Å². The lowest BCUT2D eigenvalue weighted by molar-refractivity contribution is 0.00890. The maximum Gasteiger partial charge on any atom is 0.189 e. The van der Waals surface area contributed by atoms with E-state index >= 15 is 0 Å². The molecule has 0 radical (unpaired) electrons. The van der Waals surface area contributed by atoms with E-state index in [1.807, 2.05) is 25.1 Å². The Balaban J connectivity index is 1.82. The lowest BCUT2D eigenvalue weighted by Gasteiger charge is -2.10. The minimum atomic E-state index is -0.000359. The van der Waals surface area contributed by atoms with Gasteiger partial charge in [-0.05, 0) is 31.7 Å². The van der Waals surface area contributed by atoms with Gasteiger partial charge in [0.15, 0.2) is 6.79 Å². The molecular formula is C13H18O3. The van der Waals surface area contributed by atoms with E-state index in [4.69, 9.17) is 9.47 Å². The van der Waals surface area contributed by atoms with Crippen LogP contribution in [-0.4, -0.2) is 18.5 Å². The first-order valence-corrected chi connectivity index (χ1v) is 5.70. The summed E-state index contributed by atoms with van der Waals surface area (Å²) < 4.78 is 10.9. The van der Waals surface area contributed by atoms with Gasteiger partial charge >= 0.3 is 0 Å². The maximum atomic E-state index is 9.18. The fourth-order valence-corrected chi connectivity index (χ4v) is 1.58. The Hall–Kier alpha value is -1.06. The second-order valence-electron chi connectivity index (χ2n) is 4.35. The van der Waals surface area contributed by atoms with Gasteiger partial charge in [0.05, 0.1) is 13.2 Å². The lowest BCUT2D eigenvalue weighted by atomic mass is 10.1. The SMILES string of the molecule is Cc1ccc(OCOCC2CC2)c(CO)c1. The van der Waals surface area contributed by atoms with Gasteiger partial charge in [0.25, 0.3) is 0 Å². The van der Waals surface area contributed by atoms with Crippen LogP contribution in [0.25, 0.3) is 0 Å². The van der Waals surface area contributed by atoms with Crippen LogP contribution in [0.5, 0.6) is 5.75 Å². The Morgan fingerprint density at radius 1 is 1.38 bits per heavy atom. The largest absolute Gasteiger partial charge is 0.467 e. The van der Waals surface area contributed by atoms with Gasteiger partial charge in [0.2, 0.25) is 0 Å². The molecule has 1 fully saturated rings. The Morgan fingerprint density at radius 2 is 2.19 bits per heavy atom. The Morgan fingerprint density at radius 3 is 2.88 bits per heavy atom. The van der Waals surface area contributed by atoms with Crippen molar-refractivity contribution in [1.29, 1.82) is 0 Å². The van der Waals surface area contributed by atoms with Gasteiger partial charge in [0, 0.05) is 5.56 Å². The summed E-state index contributed by atoms with van der Waals surface area (Å²) in [5, 5.41) is 9.18. The zero-order valence-corrected chi connectivity index (χ0v) is 9.61. The van der Waals surface area contributed by atoms with E-state index in [0.29, 0.717) is 5.75 Å². The Kier molecular flexibility index (Phi) is 3.80. The summed E-state index contributed by atoms with van der Waals surface area (Å²) in [6, 6.07) is 5.77. The van der Waals surface area contributed by atoms with Gasteiger partial charge in [-0.25, -0.2) is 0 Å². The van der Waals surface area contributed by atoms with E-state index in [2.05, 4.69) is 0 Å². The van der Waals surface area contributed by atoms with Crippen molar-refractivity contribution < 1.29 is 14.6 Å². The minimum Gasteiger partial charge on any atom is -0.467 e. The number of aliphatic hydroxyl groups excluding tert-OH is 1. The molecule has 0 saturated heterocycles. The van der Waals surface area contributed by atoms with Gasteiger partial charge in [0.1, 0.15) is 5.75 Å². The molecule has 1 aromatic rings. The highest BCUT2D eigenvalue weighted by molar-refractivity contribution is 5.36. The molecule has 0 atom stereocenters. The van der Waals surface area contributed by atoms with Crippen molar-refractivity contribution in [3.05, 3.63) is 29.3 Å². The number of hydrogen-bond acceptors (Lipinski definition) is 3. The number of ether oxygens (including phenoxy) is 2. The van der Waals surface area contributed by atoms with Crippen molar-refractivity contribution >= 4 is 0 Å². The lowest BCUT2D eigenvalue weighted by Crippen LogP contribution is -2.06. The average molecular weight is 222 g/mol. The zero-order chi connectivity index (χ0) is 11.4. The monoisotopic (exact) mass is 222 g/mol. The van der Waals surface area contributed by atoms with E-state index in [1.54, 1.807) is 0 Å². The molecule has 0 aromatic heterocycles. The van der Waals surface area contributed by atoms with Crippen molar-refractivity contribution in [3.8, 4) is 5.75 Å². The predicted molar refractivity (Wildman–Crippen MR) is 61.3 cm³/mol. The van der Waals surface area contributed by atoms with Crippen LogP contribution in [0.3, 0.4) is 0 Å². The fourth-order valence-electron chi connectivity index (χ4n) is 1.58. The first-order chi connectivity index (χ1) is 7.79. The summed E-state index contributed by atoms with van der Waals surface area (Å²) in [5.41, 5.74) is 1.94. The molecule has 2 rings (SSSR count). The quantitative estimate of drug-likeness (QED) is 0.592. The maximum absolute atomic E-state index is 9.18. The van der Waals surface area contributed by atoms with Crippen molar-refractivity contribution in [2.24, 2.45) is 5.92 Å². The number of aryl methyl sites for hydroxylation is 1. The summed E-state index contributed by atoms with van der Waals surface area (Å²) in [7, 11) is 0. The molecule has 16 heavy (non-hydrogen) atoms. The standard InChI is InChI=1S/C13H18O3/c1-10-2-5-13(12(6-10)7-14)16-9-15-8-11-3-4-11/h2,5-6,11,14H,3-4,7-9H2,1H3. The van der Waals surface area contributed by atoms with Crippen molar-refractivity contribution in [1.82, 2.24) is 0 Å². The average Bonchev–Trinajstić information content (AvgIpc) is 3.09. The van der Waals surface area contributed by atoms with Crippen LogP contribution >= 0.6 is 0 Å². The van der Waals surface area contributed by atoms with Gasteiger partial charge in [-0.3, -0.25) is 0 Å². The summed E-state index contributed by atoms with van der Waals surface area (Å²) in [4.78, 5) is 0. The molecule has 1 N–H and O–H groups in total. The van der Waals surface area contributed by atoms with Crippen molar-refractivity contribution in [2.45, 2.75) is 26.4 Å². The number of aliphatic hydroxyl groups is 1. The molecule has 1 aliphatic rings. The number of rotatable bonds is 6. The first-order valence-electron chi connectivity index (χ1n) is 5.70. The van der Waals surface area contributed by atoms with Crippen molar-refractivity contribution in [2.75, 3.05) is 13.4 Å². The van der Waals surface area contributed by atoms with E-state index in [9.17, 15) is 5.11 Å². The van der Waals surface area contributed by atoms with E-state index < -0.39 is 0 Å². The van der Waals surface area contributed by atoms with Gasteiger partial charge in [-0.2, -0.15) is 0 Å². The summed E-state index contributed by atoms with van der Waals surface area (Å²) in [6.07, 6.45) is 2.57. The molecule has 1 aliphatic carbocycles. The molecule has 0 bridgehead atoms. The van der Waals surface area contributed by atoms with Crippen LogP contribution in [0.4, 0.5) is 0 Å². The molecule has 1 saturated carbocycles. The summed E-state index contributed by atoms with van der Waals surface area (Å²) in [6.45, 7) is 3.05. The fraction of sp³-hybridized carbons (Fsp3) is 0.538. The van der Waals surface area contributed by atoms with Gasteiger partial charge in [-0.1, -0.05) is 17.7 Å². The molecule has 0 heterocycles. The van der Waals surface area contributed by atoms with Crippen LogP contribution in [0, 0.1) is 12.8 Å². The highest BCUT2D eigenvalue weighted by atomic mass is 16.7. The van der Waals surface area contributed by atoms with Crippen LogP contribution in [0.15, 0.2) is 18.2 Å².